The Balaban J connectivity index is 1.67. The number of hydrogen-bond acceptors (Lipinski definition) is 5. The van der Waals surface area contributed by atoms with Gasteiger partial charge in [0.15, 0.2) is 5.16 Å². The Kier molecular flexibility index (Phi) is 6.30. The summed E-state index contributed by atoms with van der Waals surface area (Å²) in [4.78, 5) is 9.66. The lowest BCUT2D eigenvalue weighted by Crippen LogP contribution is -2.22. The summed E-state index contributed by atoms with van der Waals surface area (Å²) in [5.74, 6) is 0.650. The number of benzene rings is 1. The molecule has 0 amide bonds. The number of unbranched alkanes of at least 4 members (excludes halogenated alkanes) is 1. The number of aryl methyl sites for hydroxylation is 1. The minimum atomic E-state index is -3.51. The Morgan fingerprint density at radius 3 is 2.68 bits per heavy atom. The quantitative estimate of drug-likeness (QED) is 0.344. The van der Waals surface area contributed by atoms with E-state index in [-0.39, 0.29) is 4.90 Å². The first-order valence-corrected chi connectivity index (χ1v) is 12.8. The van der Waals surface area contributed by atoms with Gasteiger partial charge < -0.3 is 8.97 Å². The molecule has 0 radical (unpaired) electrons. The number of rotatable bonds is 8. The third-order valence-corrected chi connectivity index (χ3v) is 8.06. The van der Waals surface area contributed by atoms with Crippen molar-refractivity contribution in [2.75, 3.05) is 14.1 Å². The van der Waals surface area contributed by atoms with Gasteiger partial charge in [0.1, 0.15) is 5.65 Å². The molecule has 4 rings (SSSR count). The van der Waals surface area contributed by atoms with Crippen LogP contribution < -0.4 is 0 Å². The summed E-state index contributed by atoms with van der Waals surface area (Å²) in [5, 5.41) is 1.52. The molecule has 164 valence electrons. The summed E-state index contributed by atoms with van der Waals surface area (Å²) in [5.41, 5.74) is 3.40. The van der Waals surface area contributed by atoms with E-state index >= 15 is 0 Å². The summed E-state index contributed by atoms with van der Waals surface area (Å²) in [7, 11) is -0.448. The summed E-state index contributed by atoms with van der Waals surface area (Å²) < 4.78 is 30.3. The number of aromatic nitrogens is 4. The van der Waals surface area contributed by atoms with E-state index in [0.717, 1.165) is 41.4 Å². The average Bonchev–Trinajstić information content (AvgIpc) is 3.29. The predicted molar refractivity (Wildman–Crippen MR) is 125 cm³/mol. The molecule has 0 aliphatic heterocycles. The fourth-order valence-corrected chi connectivity index (χ4v) is 5.34. The number of halogens is 1. The minimum Gasteiger partial charge on any atom is -0.319 e. The zero-order valence-corrected chi connectivity index (χ0v) is 20.0. The second-order valence-corrected chi connectivity index (χ2v) is 11.0. The molecule has 3 aromatic heterocycles. The number of sulfonamides is 1. The van der Waals surface area contributed by atoms with Crippen molar-refractivity contribution in [1.82, 2.24) is 23.2 Å². The number of nitrogens with zero attached hydrogens (tertiary/aromatic N) is 5. The number of thioether (sulfide) groups is 1. The van der Waals surface area contributed by atoms with Crippen LogP contribution in [0.25, 0.3) is 16.7 Å². The van der Waals surface area contributed by atoms with E-state index < -0.39 is 10.0 Å². The monoisotopic (exact) mass is 477 g/mol. The first kappa shape index (κ1) is 22.1. The fraction of sp³-hybridized carbons (Fsp3) is 0.333. The van der Waals surface area contributed by atoms with Crippen molar-refractivity contribution >= 4 is 50.1 Å². The maximum absolute atomic E-state index is 12.5. The third-order valence-electron chi connectivity index (χ3n) is 5.01. The molecule has 7 nitrogen and oxygen atoms in total. The van der Waals surface area contributed by atoms with Gasteiger partial charge in [-0.2, -0.15) is 0 Å². The van der Waals surface area contributed by atoms with Gasteiger partial charge in [0.25, 0.3) is 0 Å². The summed E-state index contributed by atoms with van der Waals surface area (Å²) in [6.07, 6.45) is 5.88. The maximum atomic E-state index is 12.5. The van der Waals surface area contributed by atoms with E-state index in [4.69, 9.17) is 16.6 Å². The molecule has 3 heterocycles. The number of pyridine rings is 1. The van der Waals surface area contributed by atoms with Crippen molar-refractivity contribution in [3.63, 3.8) is 0 Å². The van der Waals surface area contributed by atoms with Gasteiger partial charge in [0, 0.05) is 38.8 Å². The Hall–Kier alpha value is -2.07. The number of hydrogen-bond donors (Lipinski definition) is 0. The molecular weight excluding hydrogens is 454 g/mol. The molecule has 31 heavy (non-hydrogen) atoms. The zero-order chi connectivity index (χ0) is 22.2. The van der Waals surface area contributed by atoms with Crippen LogP contribution in [0.1, 0.15) is 25.5 Å². The number of imidazole rings is 2. The Bertz CT molecular complexity index is 1340. The van der Waals surface area contributed by atoms with Crippen molar-refractivity contribution in [2.24, 2.45) is 0 Å². The van der Waals surface area contributed by atoms with E-state index in [2.05, 4.69) is 16.5 Å². The van der Waals surface area contributed by atoms with Crippen molar-refractivity contribution in [3.05, 3.63) is 53.4 Å². The molecule has 0 saturated carbocycles. The highest BCUT2D eigenvalue weighted by Gasteiger charge is 2.20. The van der Waals surface area contributed by atoms with E-state index in [9.17, 15) is 8.42 Å². The van der Waals surface area contributed by atoms with Gasteiger partial charge in [0.05, 0.1) is 26.6 Å². The van der Waals surface area contributed by atoms with Crippen LogP contribution in [0.15, 0.2) is 52.8 Å². The SMILES string of the molecule is CCCCn1c(SCc2cn3cc(Cl)ccc3n2)nc2cc(S(=O)(=O)N(C)C)ccc21. The molecular formula is C21H24ClN5O2S2. The molecule has 0 aliphatic rings. The molecule has 1 aromatic carbocycles. The molecule has 10 heteroatoms. The lowest BCUT2D eigenvalue weighted by molar-refractivity contribution is 0.521. The third kappa shape index (κ3) is 4.45. The summed E-state index contributed by atoms with van der Waals surface area (Å²) >= 11 is 7.67. The minimum absolute atomic E-state index is 0.249. The first-order valence-electron chi connectivity index (χ1n) is 9.98. The van der Waals surface area contributed by atoms with Crippen LogP contribution in [-0.2, 0) is 22.3 Å². The van der Waals surface area contributed by atoms with Crippen LogP contribution in [0.5, 0.6) is 0 Å². The van der Waals surface area contributed by atoms with Crippen molar-refractivity contribution < 1.29 is 8.42 Å². The van der Waals surface area contributed by atoms with Crippen LogP contribution in [0.4, 0.5) is 0 Å². The standard InChI is InChI=1S/C21H24ClN5O2S2/c1-4-5-10-27-19-8-7-17(31(28,29)25(2)3)11-18(19)24-21(27)30-14-16-13-26-12-15(22)6-9-20(26)23-16/h6-9,11-13H,4-5,10,14H2,1-3H3. The first-order chi connectivity index (χ1) is 14.8. The largest absolute Gasteiger partial charge is 0.319 e. The lowest BCUT2D eigenvalue weighted by atomic mass is 10.3. The van der Waals surface area contributed by atoms with E-state index in [0.29, 0.717) is 16.3 Å². The molecule has 0 spiro atoms. The highest BCUT2D eigenvalue weighted by molar-refractivity contribution is 7.98. The Labute approximate surface area is 191 Å². The zero-order valence-electron chi connectivity index (χ0n) is 17.6. The van der Waals surface area contributed by atoms with Gasteiger partial charge in [-0.15, -0.1) is 0 Å². The van der Waals surface area contributed by atoms with Crippen molar-refractivity contribution in [2.45, 2.75) is 42.1 Å². The Morgan fingerprint density at radius 2 is 1.94 bits per heavy atom. The van der Waals surface area contributed by atoms with Gasteiger partial charge in [0.2, 0.25) is 10.0 Å². The lowest BCUT2D eigenvalue weighted by Gasteiger charge is -2.11. The normalized spacial score (nSPS) is 12.4. The predicted octanol–water partition coefficient (Wildman–Crippen LogP) is 4.68. The smallest absolute Gasteiger partial charge is 0.242 e. The van der Waals surface area contributed by atoms with E-state index in [1.54, 1.807) is 23.9 Å². The number of fused-ring (bicyclic) bond motifs is 2. The average molecular weight is 478 g/mol. The molecule has 4 aromatic rings. The van der Waals surface area contributed by atoms with Crippen LogP contribution in [0.2, 0.25) is 5.02 Å². The second-order valence-electron chi connectivity index (χ2n) is 7.47. The Morgan fingerprint density at radius 1 is 1.13 bits per heavy atom. The summed E-state index contributed by atoms with van der Waals surface area (Å²) in [6, 6.07) is 8.88. The highest BCUT2D eigenvalue weighted by Crippen LogP contribution is 2.29. The van der Waals surface area contributed by atoms with Crippen LogP contribution in [-0.4, -0.2) is 45.8 Å². The van der Waals surface area contributed by atoms with E-state index in [1.807, 2.05) is 35.0 Å². The fourth-order valence-electron chi connectivity index (χ4n) is 3.33. The van der Waals surface area contributed by atoms with Crippen molar-refractivity contribution in [3.8, 4) is 0 Å². The molecule has 0 N–H and O–H groups in total. The molecule has 0 aliphatic carbocycles. The second kappa shape index (κ2) is 8.82. The molecule has 0 atom stereocenters. The molecule has 0 unspecified atom stereocenters. The van der Waals surface area contributed by atoms with Gasteiger partial charge in [-0.05, 0) is 36.8 Å². The van der Waals surface area contributed by atoms with Crippen LogP contribution in [0.3, 0.4) is 0 Å². The van der Waals surface area contributed by atoms with Crippen LogP contribution >= 0.6 is 23.4 Å². The molecule has 0 fully saturated rings. The van der Waals surface area contributed by atoms with Gasteiger partial charge in [-0.1, -0.05) is 36.7 Å². The van der Waals surface area contributed by atoms with Crippen LogP contribution in [0, 0.1) is 0 Å². The molecule has 0 saturated heterocycles. The van der Waals surface area contributed by atoms with Gasteiger partial charge in [-0.3, -0.25) is 0 Å². The van der Waals surface area contributed by atoms with Crippen molar-refractivity contribution in [1.29, 1.82) is 0 Å². The molecule has 0 bridgehead atoms. The summed E-state index contributed by atoms with van der Waals surface area (Å²) in [6.45, 7) is 2.98. The highest BCUT2D eigenvalue weighted by atomic mass is 35.5. The maximum Gasteiger partial charge on any atom is 0.242 e. The topological polar surface area (TPSA) is 72.5 Å². The van der Waals surface area contributed by atoms with Gasteiger partial charge >= 0.3 is 0 Å². The van der Waals surface area contributed by atoms with Gasteiger partial charge in [-0.25, -0.2) is 22.7 Å². The van der Waals surface area contributed by atoms with E-state index in [1.165, 1.54) is 18.4 Å².